The number of fused-ring (bicyclic) bond motifs is 1. The zero-order valence-electron chi connectivity index (χ0n) is 16.6. The Kier molecular flexibility index (Phi) is 5.77. The summed E-state index contributed by atoms with van der Waals surface area (Å²) >= 11 is 6.24. The normalized spacial score (nSPS) is 12.6. The molecule has 0 saturated heterocycles. The number of halogens is 7. The van der Waals surface area contributed by atoms with Crippen molar-refractivity contribution < 1.29 is 30.9 Å². The average Bonchev–Trinajstić information content (AvgIpc) is 3.34. The Hall–Kier alpha value is -3.21. The van der Waals surface area contributed by atoms with Crippen LogP contribution in [0.3, 0.4) is 0 Å². The third kappa shape index (κ3) is 4.92. The lowest BCUT2D eigenvalue weighted by Gasteiger charge is -2.10. The number of nitrogen functional groups attached to an aromatic ring is 1. The van der Waals surface area contributed by atoms with Gasteiger partial charge in [0.1, 0.15) is 0 Å². The lowest BCUT2D eigenvalue weighted by Crippen LogP contribution is -2.12. The van der Waals surface area contributed by atoms with Crippen LogP contribution in [0, 0.1) is 0 Å². The molecule has 0 saturated carbocycles. The Morgan fingerprint density at radius 1 is 1.03 bits per heavy atom. The number of hydrogen-bond donors (Lipinski definition) is 1. The molecule has 174 valence electrons. The van der Waals surface area contributed by atoms with Gasteiger partial charge in [-0.05, 0) is 42.8 Å². The van der Waals surface area contributed by atoms with Crippen LogP contribution >= 0.6 is 11.6 Å². The molecule has 2 aromatic carbocycles. The van der Waals surface area contributed by atoms with E-state index in [-0.39, 0.29) is 41.0 Å². The van der Waals surface area contributed by atoms with Gasteiger partial charge in [-0.25, -0.2) is 0 Å². The number of nitrogens with zero attached hydrogens (tertiary/aromatic N) is 3. The van der Waals surface area contributed by atoms with Crippen LogP contribution < -0.4 is 5.73 Å². The van der Waals surface area contributed by atoms with Crippen LogP contribution in [0.4, 0.5) is 32.0 Å². The predicted octanol–water partition coefficient (Wildman–Crippen LogP) is 6.49. The topological polar surface area (TPSA) is 69.9 Å². The summed E-state index contributed by atoms with van der Waals surface area (Å²) in [5, 5.41) is 4.46. The first kappa shape index (κ1) is 23.0. The van der Waals surface area contributed by atoms with E-state index in [1.54, 1.807) is 10.6 Å². The molecule has 2 N–H and O–H groups in total. The van der Waals surface area contributed by atoms with E-state index < -0.39 is 24.3 Å². The second-order valence-electron chi connectivity index (χ2n) is 7.33. The van der Waals surface area contributed by atoms with Gasteiger partial charge in [-0.1, -0.05) is 22.8 Å². The van der Waals surface area contributed by atoms with Crippen molar-refractivity contribution in [3.63, 3.8) is 0 Å². The van der Waals surface area contributed by atoms with E-state index >= 15 is 0 Å². The summed E-state index contributed by atoms with van der Waals surface area (Å²) in [7, 11) is 0. The highest BCUT2D eigenvalue weighted by Gasteiger charge is 2.31. The van der Waals surface area contributed by atoms with E-state index in [2.05, 4.69) is 10.1 Å². The summed E-state index contributed by atoms with van der Waals surface area (Å²) < 4.78 is 84.1. The molecule has 0 amide bonds. The maximum absolute atomic E-state index is 13.0. The summed E-state index contributed by atoms with van der Waals surface area (Å²) in [5.74, 6) is -0.0761. The van der Waals surface area contributed by atoms with Crippen molar-refractivity contribution >= 4 is 28.2 Å². The molecule has 33 heavy (non-hydrogen) atoms. The molecule has 0 aliphatic carbocycles. The van der Waals surface area contributed by atoms with Gasteiger partial charge in [0.2, 0.25) is 0 Å². The molecular weight excluding hydrogens is 474 g/mol. The Labute approximate surface area is 187 Å². The second-order valence-corrected chi connectivity index (χ2v) is 7.71. The smallest absolute Gasteiger partial charge is 0.398 e. The minimum absolute atomic E-state index is 0.0639. The van der Waals surface area contributed by atoms with E-state index in [1.165, 1.54) is 24.3 Å². The van der Waals surface area contributed by atoms with Gasteiger partial charge in [-0.3, -0.25) is 0 Å². The van der Waals surface area contributed by atoms with E-state index in [0.29, 0.717) is 16.6 Å². The molecule has 0 spiro atoms. The quantitative estimate of drug-likeness (QED) is 0.257. The molecule has 5 nitrogen and oxygen atoms in total. The van der Waals surface area contributed by atoms with Crippen molar-refractivity contribution in [3.8, 4) is 11.5 Å². The van der Waals surface area contributed by atoms with Gasteiger partial charge in [0.05, 0.1) is 28.3 Å². The minimum Gasteiger partial charge on any atom is -0.398 e. The molecule has 0 atom stereocenters. The van der Waals surface area contributed by atoms with Crippen molar-refractivity contribution in [2.24, 2.45) is 0 Å². The molecule has 0 bridgehead atoms. The predicted molar refractivity (Wildman–Crippen MR) is 110 cm³/mol. The third-order valence-electron chi connectivity index (χ3n) is 5.00. The Balaban J connectivity index is 1.69. The van der Waals surface area contributed by atoms with Crippen LogP contribution in [-0.2, 0) is 19.1 Å². The van der Waals surface area contributed by atoms with Crippen LogP contribution in [-0.4, -0.2) is 20.9 Å². The lowest BCUT2D eigenvalue weighted by molar-refractivity contribution is -0.137. The first-order valence-electron chi connectivity index (χ1n) is 9.55. The van der Waals surface area contributed by atoms with Gasteiger partial charge in [-0.15, -0.1) is 0 Å². The number of rotatable bonds is 5. The maximum Gasteiger partial charge on any atom is 0.416 e. The average molecular weight is 489 g/mol. The molecule has 0 fully saturated rings. The fourth-order valence-electron chi connectivity index (χ4n) is 3.44. The molecule has 0 radical (unpaired) electrons. The molecule has 12 heteroatoms. The SMILES string of the molecule is Nc1ccc2c(cc(CCC(F)(F)F)n2Cc2noc(-c3cccc(C(F)(F)F)c3)n2)c1Cl. The number of alkyl halides is 6. The molecule has 4 rings (SSSR count). The van der Waals surface area contributed by atoms with E-state index in [9.17, 15) is 26.3 Å². The van der Waals surface area contributed by atoms with Gasteiger partial charge >= 0.3 is 12.4 Å². The fourth-order valence-corrected chi connectivity index (χ4v) is 3.65. The van der Waals surface area contributed by atoms with Crippen LogP contribution in [0.2, 0.25) is 5.02 Å². The number of hydrogen-bond acceptors (Lipinski definition) is 4. The van der Waals surface area contributed by atoms with Gasteiger partial charge in [0, 0.05) is 23.1 Å². The zero-order valence-corrected chi connectivity index (χ0v) is 17.4. The maximum atomic E-state index is 13.0. The summed E-state index contributed by atoms with van der Waals surface area (Å²) in [6.45, 7) is -0.0839. The van der Waals surface area contributed by atoms with Crippen LogP contribution in [0.25, 0.3) is 22.4 Å². The molecule has 2 aromatic heterocycles. The Morgan fingerprint density at radius 3 is 2.48 bits per heavy atom. The molecule has 2 heterocycles. The van der Waals surface area contributed by atoms with Crippen LogP contribution in [0.5, 0.6) is 0 Å². The minimum atomic E-state index is -4.54. The monoisotopic (exact) mass is 488 g/mol. The molecule has 4 aromatic rings. The lowest BCUT2D eigenvalue weighted by atomic mass is 10.1. The Bertz CT molecular complexity index is 1310. The number of aryl methyl sites for hydroxylation is 1. The van der Waals surface area contributed by atoms with Crippen molar-refractivity contribution in [3.05, 3.63) is 64.6 Å². The van der Waals surface area contributed by atoms with Crippen molar-refractivity contribution in [1.82, 2.24) is 14.7 Å². The summed E-state index contributed by atoms with van der Waals surface area (Å²) in [6.07, 6.45) is -10.3. The number of benzene rings is 2. The van der Waals surface area contributed by atoms with Crippen molar-refractivity contribution in [1.29, 1.82) is 0 Å². The third-order valence-corrected chi connectivity index (χ3v) is 5.43. The Morgan fingerprint density at radius 2 is 1.79 bits per heavy atom. The number of aromatic nitrogens is 3. The van der Waals surface area contributed by atoms with Gasteiger partial charge in [-0.2, -0.15) is 31.3 Å². The molecule has 0 unspecified atom stereocenters. The highest BCUT2D eigenvalue weighted by molar-refractivity contribution is 6.38. The van der Waals surface area contributed by atoms with Crippen LogP contribution in [0.15, 0.2) is 47.0 Å². The van der Waals surface area contributed by atoms with E-state index in [0.717, 1.165) is 12.1 Å². The summed E-state index contributed by atoms with van der Waals surface area (Å²) in [5.41, 5.74) is 6.10. The van der Waals surface area contributed by atoms with Gasteiger partial charge in [0.15, 0.2) is 5.82 Å². The van der Waals surface area contributed by atoms with Gasteiger partial charge < -0.3 is 14.8 Å². The van der Waals surface area contributed by atoms with E-state index in [1.807, 2.05) is 0 Å². The standard InChI is InChI=1S/C21H15ClF6N4O/c22-18-14-9-13(6-7-20(23,24)25)32(16(14)5-4-15(18)29)10-17-30-19(33-31-17)11-2-1-3-12(8-11)21(26,27)28/h1-5,8-9H,6-7,10,29H2. The fraction of sp³-hybridized carbons (Fsp3) is 0.238. The first-order chi connectivity index (χ1) is 15.4. The first-order valence-corrected chi connectivity index (χ1v) is 9.93. The summed E-state index contributed by atoms with van der Waals surface area (Å²) in [4.78, 5) is 4.13. The van der Waals surface area contributed by atoms with Crippen molar-refractivity contribution in [2.75, 3.05) is 5.73 Å². The number of nitrogens with two attached hydrogens (primary N) is 1. The number of anilines is 1. The molecule has 0 aliphatic rings. The summed E-state index contributed by atoms with van der Waals surface area (Å²) in [6, 6.07) is 9.04. The molecule has 0 aliphatic heterocycles. The van der Waals surface area contributed by atoms with Crippen molar-refractivity contribution in [2.45, 2.75) is 31.7 Å². The zero-order chi connectivity index (χ0) is 24.0. The second kappa shape index (κ2) is 8.29. The highest BCUT2D eigenvalue weighted by Crippen LogP contribution is 2.34. The highest BCUT2D eigenvalue weighted by atomic mass is 35.5. The largest absolute Gasteiger partial charge is 0.416 e. The van der Waals surface area contributed by atoms with Gasteiger partial charge in [0.25, 0.3) is 5.89 Å². The molecular formula is C21H15ClF6N4O. The van der Waals surface area contributed by atoms with E-state index in [4.69, 9.17) is 21.9 Å². The van der Waals surface area contributed by atoms with Crippen LogP contribution in [0.1, 0.15) is 23.5 Å².